The molecule has 5 aromatic rings. The molecule has 6 rings (SSSR count). The van der Waals surface area contributed by atoms with Gasteiger partial charge in [-0.15, -0.1) is 21.5 Å². The lowest BCUT2D eigenvalue weighted by atomic mass is 10.2. The van der Waals surface area contributed by atoms with E-state index in [1.165, 1.54) is 5.56 Å². The lowest BCUT2D eigenvalue weighted by Crippen LogP contribution is -2.46. The molecule has 0 bridgehead atoms. The summed E-state index contributed by atoms with van der Waals surface area (Å²) < 4.78 is 2.11. The van der Waals surface area contributed by atoms with Crippen LogP contribution >= 0.6 is 34.3 Å². The molecule has 1 fully saturated rings. The Balaban J connectivity index is 1.41. The van der Waals surface area contributed by atoms with Crippen molar-refractivity contribution in [3.63, 3.8) is 0 Å². The summed E-state index contributed by atoms with van der Waals surface area (Å²) in [4.78, 5) is 11.0. The second kappa shape index (κ2) is 7.87. The normalized spacial score (nSPS) is 15.3. The number of halogens is 1. The Kier molecular flexibility index (Phi) is 4.87. The molecule has 1 aliphatic heterocycles. The SMILES string of the molecule is Clc1ccc2c(c1)nc(N1CCN(Cc3ccsc3)CC1)n1c(-c3cccs3)nnc21. The fraction of sp³-hybridized carbons (Fsp3) is 0.227. The van der Waals surface area contributed by atoms with E-state index in [4.69, 9.17) is 16.6 Å². The Labute approximate surface area is 192 Å². The zero-order chi connectivity index (χ0) is 20.8. The van der Waals surface area contributed by atoms with Gasteiger partial charge in [-0.3, -0.25) is 4.90 Å². The number of benzene rings is 1. The van der Waals surface area contributed by atoms with E-state index < -0.39 is 0 Å². The van der Waals surface area contributed by atoms with Crippen LogP contribution in [0.1, 0.15) is 5.56 Å². The van der Waals surface area contributed by atoms with Crippen molar-refractivity contribution < 1.29 is 0 Å². The molecule has 0 saturated carbocycles. The van der Waals surface area contributed by atoms with Gasteiger partial charge < -0.3 is 4.90 Å². The summed E-state index contributed by atoms with van der Waals surface area (Å²) in [5, 5.41) is 17.2. The molecule has 5 heterocycles. The molecule has 0 radical (unpaired) electrons. The number of piperazine rings is 1. The molecule has 4 aromatic heterocycles. The van der Waals surface area contributed by atoms with Gasteiger partial charge in [0.25, 0.3) is 0 Å². The van der Waals surface area contributed by atoms with Gasteiger partial charge >= 0.3 is 0 Å². The lowest BCUT2D eigenvalue weighted by molar-refractivity contribution is 0.249. The molecular weight excluding hydrogens is 448 g/mol. The average Bonchev–Trinajstić information content (AvgIpc) is 3.55. The average molecular weight is 467 g/mol. The van der Waals surface area contributed by atoms with E-state index in [9.17, 15) is 0 Å². The van der Waals surface area contributed by atoms with Crippen LogP contribution in [0, 0.1) is 0 Å². The zero-order valence-corrected chi connectivity index (χ0v) is 19.0. The quantitative estimate of drug-likeness (QED) is 0.371. The van der Waals surface area contributed by atoms with E-state index in [1.54, 1.807) is 22.7 Å². The molecule has 9 heteroatoms. The highest BCUT2D eigenvalue weighted by molar-refractivity contribution is 7.13. The fourth-order valence-corrected chi connectivity index (χ4v) is 5.64. The molecule has 0 spiro atoms. The van der Waals surface area contributed by atoms with Crippen molar-refractivity contribution in [2.45, 2.75) is 6.54 Å². The summed E-state index contributed by atoms with van der Waals surface area (Å²) in [6.07, 6.45) is 0. The second-order valence-corrected chi connectivity index (χ2v) is 9.79. The molecule has 1 aliphatic rings. The first-order chi connectivity index (χ1) is 15.3. The van der Waals surface area contributed by atoms with Gasteiger partial charge in [-0.2, -0.15) is 11.3 Å². The van der Waals surface area contributed by atoms with Gasteiger partial charge in [0.05, 0.1) is 10.4 Å². The summed E-state index contributed by atoms with van der Waals surface area (Å²) in [5.74, 6) is 1.72. The number of anilines is 1. The highest BCUT2D eigenvalue weighted by Gasteiger charge is 2.24. The standard InChI is InChI=1S/C22H19ClN6S2/c23-16-3-4-17-18(12-16)24-22(29-20(17)25-26-21(29)19-2-1-10-31-19)28-8-6-27(7-9-28)13-15-5-11-30-14-15/h1-5,10-12,14H,6-9,13H2. The Hall–Kier alpha value is -2.52. The summed E-state index contributed by atoms with van der Waals surface area (Å²) in [6, 6.07) is 12.1. The number of rotatable bonds is 4. The largest absolute Gasteiger partial charge is 0.339 e. The predicted octanol–water partition coefficient (Wildman–Crippen LogP) is 5.04. The maximum Gasteiger partial charge on any atom is 0.213 e. The van der Waals surface area contributed by atoms with E-state index in [0.717, 1.165) is 65.9 Å². The predicted molar refractivity (Wildman–Crippen MR) is 128 cm³/mol. The minimum atomic E-state index is 0.675. The number of fused-ring (bicyclic) bond motifs is 3. The van der Waals surface area contributed by atoms with Crippen LogP contribution in [0.5, 0.6) is 0 Å². The van der Waals surface area contributed by atoms with Crippen molar-refractivity contribution in [1.82, 2.24) is 24.5 Å². The number of hydrogen-bond donors (Lipinski definition) is 0. The van der Waals surface area contributed by atoms with Crippen LogP contribution in [-0.2, 0) is 6.54 Å². The Morgan fingerprint density at radius 1 is 1.00 bits per heavy atom. The van der Waals surface area contributed by atoms with Crippen molar-refractivity contribution in [3.05, 3.63) is 63.1 Å². The summed E-state index contributed by atoms with van der Waals surface area (Å²) in [7, 11) is 0. The van der Waals surface area contributed by atoms with Crippen LogP contribution < -0.4 is 4.90 Å². The van der Waals surface area contributed by atoms with Crippen molar-refractivity contribution in [2.24, 2.45) is 0 Å². The van der Waals surface area contributed by atoms with E-state index in [2.05, 4.69) is 52.7 Å². The van der Waals surface area contributed by atoms with E-state index in [1.807, 2.05) is 24.3 Å². The van der Waals surface area contributed by atoms with E-state index in [-0.39, 0.29) is 0 Å². The first-order valence-corrected chi connectivity index (χ1v) is 12.3. The fourth-order valence-electron chi connectivity index (χ4n) is 4.12. The third kappa shape index (κ3) is 3.49. The molecule has 1 aromatic carbocycles. The molecule has 0 amide bonds. The highest BCUT2D eigenvalue weighted by Crippen LogP contribution is 2.31. The molecule has 156 valence electrons. The van der Waals surface area contributed by atoms with Crippen LogP contribution in [0.25, 0.3) is 27.3 Å². The molecule has 1 saturated heterocycles. The Bertz CT molecular complexity index is 1340. The van der Waals surface area contributed by atoms with Gasteiger partial charge in [0.15, 0.2) is 11.5 Å². The van der Waals surface area contributed by atoms with Crippen LogP contribution in [0.2, 0.25) is 5.02 Å². The van der Waals surface area contributed by atoms with Crippen LogP contribution in [0.15, 0.2) is 52.5 Å². The van der Waals surface area contributed by atoms with E-state index in [0.29, 0.717) is 5.02 Å². The smallest absolute Gasteiger partial charge is 0.213 e. The number of thiophene rings is 2. The van der Waals surface area contributed by atoms with Crippen molar-refractivity contribution in [2.75, 3.05) is 31.1 Å². The molecule has 0 unspecified atom stereocenters. The minimum Gasteiger partial charge on any atom is -0.339 e. The minimum absolute atomic E-state index is 0.675. The van der Waals surface area contributed by atoms with Crippen molar-refractivity contribution in [3.8, 4) is 10.7 Å². The Morgan fingerprint density at radius 3 is 2.68 bits per heavy atom. The maximum atomic E-state index is 6.28. The van der Waals surface area contributed by atoms with Gasteiger partial charge in [0.2, 0.25) is 5.95 Å². The number of nitrogens with zero attached hydrogens (tertiary/aromatic N) is 6. The zero-order valence-electron chi connectivity index (χ0n) is 16.6. The van der Waals surface area contributed by atoms with Gasteiger partial charge in [0, 0.05) is 43.1 Å². The third-order valence-corrected chi connectivity index (χ3v) is 7.50. The number of aromatic nitrogens is 4. The molecular formula is C22H19ClN6S2. The molecule has 31 heavy (non-hydrogen) atoms. The topological polar surface area (TPSA) is 49.6 Å². The molecule has 0 N–H and O–H groups in total. The maximum absolute atomic E-state index is 6.28. The van der Waals surface area contributed by atoms with Gasteiger partial charge in [-0.05, 0) is 52.0 Å². The Morgan fingerprint density at radius 2 is 1.90 bits per heavy atom. The first-order valence-electron chi connectivity index (χ1n) is 10.1. The van der Waals surface area contributed by atoms with Gasteiger partial charge in [-0.1, -0.05) is 17.7 Å². The molecule has 0 atom stereocenters. The molecule has 0 aliphatic carbocycles. The second-order valence-electron chi connectivity index (χ2n) is 7.63. The highest BCUT2D eigenvalue weighted by atomic mass is 35.5. The first kappa shape index (κ1) is 19.2. The van der Waals surface area contributed by atoms with Gasteiger partial charge in [-0.25, -0.2) is 9.38 Å². The summed E-state index contributed by atoms with van der Waals surface area (Å²) in [5.41, 5.74) is 3.06. The third-order valence-electron chi connectivity index (χ3n) is 5.67. The van der Waals surface area contributed by atoms with Crippen LogP contribution in [0.3, 0.4) is 0 Å². The molecule has 6 nitrogen and oxygen atoms in total. The van der Waals surface area contributed by atoms with E-state index >= 15 is 0 Å². The van der Waals surface area contributed by atoms with Gasteiger partial charge in [0.1, 0.15) is 0 Å². The number of hydrogen-bond acceptors (Lipinski definition) is 7. The van der Waals surface area contributed by atoms with Crippen molar-refractivity contribution in [1.29, 1.82) is 0 Å². The summed E-state index contributed by atoms with van der Waals surface area (Å²) in [6.45, 7) is 4.79. The van der Waals surface area contributed by atoms with Crippen LogP contribution in [-0.4, -0.2) is 50.7 Å². The summed E-state index contributed by atoms with van der Waals surface area (Å²) >= 11 is 9.70. The monoisotopic (exact) mass is 466 g/mol. The van der Waals surface area contributed by atoms with Crippen molar-refractivity contribution >= 4 is 56.8 Å². The lowest BCUT2D eigenvalue weighted by Gasteiger charge is -2.35. The van der Waals surface area contributed by atoms with Crippen LogP contribution in [0.4, 0.5) is 5.95 Å².